The minimum Gasteiger partial charge on any atom is -0.492 e. The van der Waals surface area contributed by atoms with E-state index in [0.29, 0.717) is 29.6 Å². The molecule has 0 spiro atoms. The topological polar surface area (TPSA) is 45.3 Å². The molecule has 0 unspecified atom stereocenters. The van der Waals surface area contributed by atoms with Crippen LogP contribution in [0.5, 0.6) is 5.75 Å². The van der Waals surface area contributed by atoms with Gasteiger partial charge in [0, 0.05) is 22.7 Å². The van der Waals surface area contributed by atoms with Crippen LogP contribution in [0.1, 0.15) is 10.5 Å². The number of aromatic amines is 1. The Kier molecular flexibility index (Phi) is 5.09. The average Bonchev–Trinajstić information content (AvgIpc) is 2.84. The van der Waals surface area contributed by atoms with Crippen LogP contribution in [-0.4, -0.2) is 36.0 Å². The lowest BCUT2D eigenvalue weighted by atomic mass is 10.3. The predicted octanol–water partition coefficient (Wildman–Crippen LogP) is 3.58. The van der Waals surface area contributed by atoms with Gasteiger partial charge in [-0.25, -0.2) is 0 Å². The monoisotopic (exact) mass is 356 g/mol. The fourth-order valence-corrected chi connectivity index (χ4v) is 2.18. The summed E-state index contributed by atoms with van der Waals surface area (Å²) in [6, 6.07) is 8.92. The van der Waals surface area contributed by atoms with Gasteiger partial charge >= 0.3 is 0 Å². The molecule has 0 bridgehead atoms. The van der Waals surface area contributed by atoms with Crippen molar-refractivity contribution in [3.8, 4) is 5.75 Å². The van der Waals surface area contributed by atoms with Gasteiger partial charge in [0.15, 0.2) is 0 Å². The van der Waals surface area contributed by atoms with Crippen molar-refractivity contribution in [2.45, 2.75) is 0 Å². The van der Waals surface area contributed by atoms with Gasteiger partial charge in [-0.05, 0) is 40.2 Å². The highest BCUT2D eigenvalue weighted by molar-refractivity contribution is 9.10. The zero-order chi connectivity index (χ0) is 14.5. The first-order valence-corrected chi connectivity index (χ1v) is 7.21. The fourth-order valence-electron chi connectivity index (χ4n) is 1.66. The molecule has 0 aliphatic rings. The van der Waals surface area contributed by atoms with Gasteiger partial charge < -0.3 is 14.6 Å². The SMILES string of the molecule is CN(CCOc1cccc(Cl)c1)C(=O)c1cc(Br)c[nH]1. The molecule has 6 heteroatoms. The Labute approximate surface area is 130 Å². The van der Waals surface area contributed by atoms with Crippen molar-refractivity contribution in [1.29, 1.82) is 0 Å². The molecule has 4 nitrogen and oxygen atoms in total. The number of nitrogens with one attached hydrogen (secondary N) is 1. The average molecular weight is 358 g/mol. The van der Waals surface area contributed by atoms with Gasteiger partial charge in [-0.3, -0.25) is 4.79 Å². The van der Waals surface area contributed by atoms with Crippen LogP contribution in [-0.2, 0) is 0 Å². The van der Waals surface area contributed by atoms with Crippen LogP contribution >= 0.6 is 27.5 Å². The Balaban J connectivity index is 1.83. The molecule has 0 radical (unpaired) electrons. The smallest absolute Gasteiger partial charge is 0.270 e. The molecule has 0 saturated carbocycles. The Morgan fingerprint density at radius 1 is 1.45 bits per heavy atom. The number of ether oxygens (including phenoxy) is 1. The van der Waals surface area contributed by atoms with E-state index in [1.807, 2.05) is 12.1 Å². The number of H-pyrrole nitrogens is 1. The molecule has 1 aromatic carbocycles. The van der Waals surface area contributed by atoms with Gasteiger partial charge in [0.25, 0.3) is 5.91 Å². The number of hydrogen-bond donors (Lipinski definition) is 1. The number of benzene rings is 1. The molecule has 0 atom stereocenters. The van der Waals surface area contributed by atoms with Crippen LogP contribution < -0.4 is 4.74 Å². The Hall–Kier alpha value is -1.46. The Bertz CT molecular complexity index is 600. The molecule has 0 fully saturated rings. The maximum Gasteiger partial charge on any atom is 0.270 e. The summed E-state index contributed by atoms with van der Waals surface area (Å²) in [5.74, 6) is 0.617. The van der Waals surface area contributed by atoms with Crippen molar-refractivity contribution < 1.29 is 9.53 Å². The Morgan fingerprint density at radius 3 is 2.90 bits per heavy atom. The summed E-state index contributed by atoms with van der Waals surface area (Å²) < 4.78 is 6.40. The number of amides is 1. The van der Waals surface area contributed by atoms with E-state index < -0.39 is 0 Å². The van der Waals surface area contributed by atoms with Crippen LogP contribution in [0.3, 0.4) is 0 Å². The van der Waals surface area contributed by atoms with E-state index in [2.05, 4.69) is 20.9 Å². The third-order valence-corrected chi connectivity index (χ3v) is 3.41. The number of carbonyl (C=O) groups excluding carboxylic acids is 1. The lowest BCUT2D eigenvalue weighted by Gasteiger charge is -2.16. The lowest BCUT2D eigenvalue weighted by molar-refractivity contribution is 0.0768. The van der Waals surface area contributed by atoms with Crippen LogP contribution in [0.15, 0.2) is 41.0 Å². The zero-order valence-electron chi connectivity index (χ0n) is 10.9. The summed E-state index contributed by atoms with van der Waals surface area (Å²) in [7, 11) is 1.73. The molecule has 1 N–H and O–H groups in total. The van der Waals surface area contributed by atoms with E-state index in [9.17, 15) is 4.79 Å². The van der Waals surface area contributed by atoms with E-state index >= 15 is 0 Å². The summed E-state index contributed by atoms with van der Waals surface area (Å²) in [6.07, 6.45) is 1.73. The zero-order valence-corrected chi connectivity index (χ0v) is 13.2. The van der Waals surface area contributed by atoms with Crippen LogP contribution in [0.2, 0.25) is 5.02 Å². The molecule has 0 aliphatic heterocycles. The quantitative estimate of drug-likeness (QED) is 0.889. The van der Waals surface area contributed by atoms with Gasteiger partial charge in [-0.2, -0.15) is 0 Å². The number of carbonyl (C=O) groups is 1. The van der Waals surface area contributed by atoms with Crippen molar-refractivity contribution in [2.24, 2.45) is 0 Å². The molecule has 20 heavy (non-hydrogen) atoms. The number of likely N-dealkylation sites (N-methyl/N-ethyl adjacent to an activating group) is 1. The molecule has 1 heterocycles. The molecule has 106 valence electrons. The highest BCUT2D eigenvalue weighted by atomic mass is 79.9. The largest absolute Gasteiger partial charge is 0.492 e. The minimum absolute atomic E-state index is 0.0783. The molecule has 1 amide bonds. The van der Waals surface area contributed by atoms with Crippen LogP contribution in [0.4, 0.5) is 0 Å². The summed E-state index contributed by atoms with van der Waals surface area (Å²) in [5.41, 5.74) is 0.544. The van der Waals surface area contributed by atoms with Gasteiger partial charge in [-0.1, -0.05) is 17.7 Å². The third kappa shape index (κ3) is 4.02. The number of hydrogen-bond acceptors (Lipinski definition) is 2. The standard InChI is InChI=1S/C14H14BrClN2O2/c1-18(14(19)13-7-10(15)9-17-13)5-6-20-12-4-2-3-11(16)8-12/h2-4,7-9,17H,5-6H2,1H3. The highest BCUT2D eigenvalue weighted by Gasteiger charge is 2.13. The number of halogens is 2. The summed E-state index contributed by atoms with van der Waals surface area (Å²) >= 11 is 9.17. The molecular formula is C14H14BrClN2O2. The normalized spacial score (nSPS) is 10.3. The molecule has 0 aliphatic carbocycles. The van der Waals surface area contributed by atoms with E-state index in [1.54, 1.807) is 36.3 Å². The first kappa shape index (κ1) is 14.9. The Morgan fingerprint density at radius 2 is 2.25 bits per heavy atom. The van der Waals surface area contributed by atoms with Crippen molar-refractivity contribution in [3.05, 3.63) is 51.7 Å². The maximum atomic E-state index is 12.1. The van der Waals surface area contributed by atoms with Crippen LogP contribution in [0, 0.1) is 0 Å². The number of aromatic nitrogens is 1. The summed E-state index contributed by atoms with van der Waals surface area (Å²) in [5, 5.41) is 0.628. The molecular weight excluding hydrogens is 344 g/mol. The van der Waals surface area contributed by atoms with Gasteiger partial charge in [0.2, 0.25) is 0 Å². The van der Waals surface area contributed by atoms with Crippen LogP contribution in [0.25, 0.3) is 0 Å². The van der Waals surface area contributed by atoms with Crippen molar-refractivity contribution >= 4 is 33.4 Å². The van der Waals surface area contributed by atoms with Gasteiger partial charge in [-0.15, -0.1) is 0 Å². The maximum absolute atomic E-state index is 12.1. The second-order valence-electron chi connectivity index (χ2n) is 4.26. The van der Waals surface area contributed by atoms with E-state index in [4.69, 9.17) is 16.3 Å². The fraction of sp³-hybridized carbons (Fsp3) is 0.214. The second-order valence-corrected chi connectivity index (χ2v) is 5.62. The first-order chi connectivity index (χ1) is 9.56. The van der Waals surface area contributed by atoms with Crippen molar-refractivity contribution in [1.82, 2.24) is 9.88 Å². The molecule has 2 rings (SSSR count). The number of nitrogens with zero attached hydrogens (tertiary/aromatic N) is 1. The van der Waals surface area contributed by atoms with E-state index in [0.717, 1.165) is 4.47 Å². The summed E-state index contributed by atoms with van der Waals surface area (Å²) in [6.45, 7) is 0.895. The summed E-state index contributed by atoms with van der Waals surface area (Å²) in [4.78, 5) is 16.6. The number of rotatable bonds is 5. The predicted molar refractivity (Wildman–Crippen MR) is 82.4 cm³/mol. The van der Waals surface area contributed by atoms with E-state index in [-0.39, 0.29) is 5.91 Å². The van der Waals surface area contributed by atoms with Crippen molar-refractivity contribution in [3.63, 3.8) is 0 Å². The first-order valence-electron chi connectivity index (χ1n) is 6.04. The van der Waals surface area contributed by atoms with Gasteiger partial charge in [0.1, 0.15) is 18.1 Å². The van der Waals surface area contributed by atoms with Crippen molar-refractivity contribution in [2.75, 3.05) is 20.2 Å². The molecule has 2 aromatic rings. The highest BCUT2D eigenvalue weighted by Crippen LogP contribution is 2.17. The molecule has 1 aromatic heterocycles. The van der Waals surface area contributed by atoms with E-state index in [1.165, 1.54) is 0 Å². The third-order valence-electron chi connectivity index (χ3n) is 2.72. The molecule has 0 saturated heterocycles. The lowest BCUT2D eigenvalue weighted by Crippen LogP contribution is -2.31. The minimum atomic E-state index is -0.0783. The van der Waals surface area contributed by atoms with Gasteiger partial charge in [0.05, 0.1) is 6.54 Å². The second kappa shape index (κ2) is 6.81.